The summed E-state index contributed by atoms with van der Waals surface area (Å²) in [5, 5.41) is 21.6. The molecule has 98 valence electrons. The van der Waals surface area contributed by atoms with Crippen molar-refractivity contribution in [2.45, 2.75) is 0 Å². The van der Waals surface area contributed by atoms with Crippen LogP contribution in [0.4, 0.5) is 0 Å². The first kappa shape index (κ1) is 12.6. The van der Waals surface area contributed by atoms with Crippen molar-refractivity contribution >= 4 is 11.9 Å². The average molecular weight is 263 g/mol. The van der Waals surface area contributed by atoms with Gasteiger partial charge in [0.1, 0.15) is 0 Å². The monoisotopic (exact) mass is 263 g/mol. The number of rotatable bonds is 5. The highest BCUT2D eigenvalue weighted by Crippen LogP contribution is 2.14. The van der Waals surface area contributed by atoms with Crippen molar-refractivity contribution in [1.29, 1.82) is 0 Å². The van der Waals surface area contributed by atoms with Crippen molar-refractivity contribution in [3.63, 3.8) is 0 Å². The number of nitrogens with one attached hydrogen (secondary N) is 2. The van der Waals surface area contributed by atoms with Gasteiger partial charge in [-0.25, -0.2) is 10.3 Å². The Morgan fingerprint density at radius 1 is 1.42 bits per heavy atom. The number of hydrogen-bond acceptors (Lipinski definition) is 6. The van der Waals surface area contributed by atoms with Crippen LogP contribution in [0.5, 0.6) is 0 Å². The van der Waals surface area contributed by atoms with Crippen LogP contribution in [-0.4, -0.2) is 44.2 Å². The molecule has 19 heavy (non-hydrogen) atoms. The van der Waals surface area contributed by atoms with Gasteiger partial charge in [0.25, 0.3) is 5.91 Å². The Balaban J connectivity index is 2.06. The summed E-state index contributed by atoms with van der Waals surface area (Å²) in [4.78, 5) is 26.4. The number of aromatic nitrogens is 4. The molecule has 0 aliphatic rings. The standard InChI is InChI=1S/C10H9N5O4/c16-8(17)5-19-13-10(18)7-3-1-2-6(4-7)9-11-14-15-12-9/h1-4H,5H2,(H,13,18)(H,16,17)(H,11,12,14,15). The van der Waals surface area contributed by atoms with E-state index < -0.39 is 18.5 Å². The number of tetrazole rings is 1. The Morgan fingerprint density at radius 3 is 2.95 bits per heavy atom. The van der Waals surface area contributed by atoms with Crippen LogP contribution in [0.2, 0.25) is 0 Å². The molecule has 1 amide bonds. The Hall–Kier alpha value is -2.81. The number of benzene rings is 1. The number of carbonyl (C=O) groups excluding carboxylic acids is 1. The predicted octanol–water partition coefficient (Wildman–Crippen LogP) is -0.387. The van der Waals surface area contributed by atoms with Crippen LogP contribution in [0.25, 0.3) is 11.4 Å². The maximum Gasteiger partial charge on any atom is 0.332 e. The van der Waals surface area contributed by atoms with Gasteiger partial charge in [0.2, 0.25) is 5.82 Å². The molecule has 1 aromatic heterocycles. The van der Waals surface area contributed by atoms with Gasteiger partial charge in [-0.15, -0.1) is 10.2 Å². The minimum Gasteiger partial charge on any atom is -0.479 e. The maximum atomic E-state index is 11.7. The molecule has 0 fully saturated rings. The van der Waals surface area contributed by atoms with Crippen LogP contribution in [0.3, 0.4) is 0 Å². The fourth-order valence-corrected chi connectivity index (χ4v) is 1.31. The van der Waals surface area contributed by atoms with Gasteiger partial charge in [0.05, 0.1) is 0 Å². The summed E-state index contributed by atoms with van der Waals surface area (Å²) < 4.78 is 0. The second kappa shape index (κ2) is 5.69. The van der Waals surface area contributed by atoms with Crippen molar-refractivity contribution < 1.29 is 19.5 Å². The van der Waals surface area contributed by atoms with Crippen molar-refractivity contribution in [3.05, 3.63) is 29.8 Å². The van der Waals surface area contributed by atoms with Gasteiger partial charge in [-0.3, -0.25) is 9.63 Å². The number of nitrogens with zero attached hydrogens (tertiary/aromatic N) is 3. The van der Waals surface area contributed by atoms with Crippen molar-refractivity contribution in [1.82, 2.24) is 26.1 Å². The molecule has 9 nitrogen and oxygen atoms in total. The fourth-order valence-electron chi connectivity index (χ4n) is 1.31. The van der Waals surface area contributed by atoms with E-state index in [9.17, 15) is 9.59 Å². The maximum absolute atomic E-state index is 11.7. The highest BCUT2D eigenvalue weighted by molar-refractivity contribution is 5.94. The number of hydrogen-bond donors (Lipinski definition) is 3. The number of hydroxylamine groups is 1. The van der Waals surface area contributed by atoms with Gasteiger partial charge < -0.3 is 5.11 Å². The Labute approximate surface area is 106 Å². The van der Waals surface area contributed by atoms with Crippen molar-refractivity contribution in [2.75, 3.05) is 6.61 Å². The zero-order valence-electron chi connectivity index (χ0n) is 9.53. The lowest BCUT2D eigenvalue weighted by molar-refractivity contribution is -0.144. The largest absolute Gasteiger partial charge is 0.479 e. The smallest absolute Gasteiger partial charge is 0.332 e. The first-order valence-electron chi connectivity index (χ1n) is 5.14. The van der Waals surface area contributed by atoms with E-state index in [2.05, 4.69) is 25.5 Å². The number of aliphatic carboxylic acids is 1. The van der Waals surface area contributed by atoms with Crippen LogP contribution in [0, 0.1) is 0 Å². The molecule has 0 radical (unpaired) electrons. The van der Waals surface area contributed by atoms with E-state index in [1.165, 1.54) is 6.07 Å². The van der Waals surface area contributed by atoms with Crippen molar-refractivity contribution in [2.24, 2.45) is 0 Å². The molecular weight excluding hydrogens is 254 g/mol. The zero-order chi connectivity index (χ0) is 13.7. The molecule has 9 heteroatoms. The summed E-state index contributed by atoms with van der Waals surface area (Å²) >= 11 is 0. The van der Waals surface area contributed by atoms with E-state index in [1.54, 1.807) is 18.2 Å². The second-order valence-electron chi connectivity index (χ2n) is 3.43. The number of carboxylic acids is 1. The van der Waals surface area contributed by atoms with E-state index in [-0.39, 0.29) is 5.56 Å². The molecule has 2 aromatic rings. The number of H-pyrrole nitrogens is 1. The van der Waals surface area contributed by atoms with Crippen LogP contribution < -0.4 is 5.48 Å². The molecule has 0 bridgehead atoms. The molecule has 0 atom stereocenters. The van der Waals surface area contributed by atoms with E-state index in [1.807, 2.05) is 5.48 Å². The lowest BCUT2D eigenvalue weighted by Gasteiger charge is -2.04. The quantitative estimate of drug-likeness (QED) is 0.626. The molecule has 0 spiro atoms. The normalized spacial score (nSPS) is 10.1. The van der Waals surface area contributed by atoms with Crippen LogP contribution in [0.15, 0.2) is 24.3 Å². The Bertz CT molecular complexity index is 583. The molecule has 0 saturated heterocycles. The Morgan fingerprint density at radius 2 is 2.26 bits per heavy atom. The number of amides is 1. The van der Waals surface area contributed by atoms with E-state index >= 15 is 0 Å². The lowest BCUT2D eigenvalue weighted by atomic mass is 10.1. The van der Waals surface area contributed by atoms with Crippen LogP contribution >= 0.6 is 0 Å². The molecular formula is C10H9N5O4. The molecule has 0 aliphatic carbocycles. The van der Waals surface area contributed by atoms with Gasteiger partial charge >= 0.3 is 5.97 Å². The fraction of sp³-hybridized carbons (Fsp3) is 0.100. The summed E-state index contributed by atoms with van der Waals surface area (Å²) in [6.07, 6.45) is 0. The van der Waals surface area contributed by atoms with E-state index in [4.69, 9.17) is 5.11 Å². The first-order chi connectivity index (χ1) is 9.16. The summed E-state index contributed by atoms with van der Waals surface area (Å²) in [5.74, 6) is -1.39. The van der Waals surface area contributed by atoms with Gasteiger partial charge in [-0.1, -0.05) is 12.1 Å². The Kier molecular flexibility index (Phi) is 3.78. The topological polar surface area (TPSA) is 130 Å². The van der Waals surface area contributed by atoms with Gasteiger partial charge in [-0.2, -0.15) is 5.21 Å². The highest BCUT2D eigenvalue weighted by Gasteiger charge is 2.09. The second-order valence-corrected chi connectivity index (χ2v) is 3.43. The molecule has 1 aromatic carbocycles. The third kappa shape index (κ3) is 3.33. The number of carboxylic acid groups (broad SMARTS) is 1. The minimum absolute atomic E-state index is 0.285. The van der Waals surface area contributed by atoms with Crippen molar-refractivity contribution in [3.8, 4) is 11.4 Å². The molecule has 2 rings (SSSR count). The third-order valence-corrected chi connectivity index (χ3v) is 2.09. The zero-order valence-corrected chi connectivity index (χ0v) is 9.53. The summed E-state index contributed by atoms with van der Waals surface area (Å²) in [6.45, 7) is -0.615. The highest BCUT2D eigenvalue weighted by atomic mass is 16.7. The molecule has 0 aliphatic heterocycles. The molecule has 3 N–H and O–H groups in total. The predicted molar refractivity (Wildman–Crippen MR) is 60.7 cm³/mol. The van der Waals surface area contributed by atoms with Crippen LogP contribution in [-0.2, 0) is 9.63 Å². The third-order valence-electron chi connectivity index (χ3n) is 2.09. The van der Waals surface area contributed by atoms with Gasteiger partial charge in [0.15, 0.2) is 6.61 Å². The first-order valence-corrected chi connectivity index (χ1v) is 5.14. The van der Waals surface area contributed by atoms with E-state index in [0.29, 0.717) is 11.4 Å². The van der Waals surface area contributed by atoms with Crippen LogP contribution in [0.1, 0.15) is 10.4 Å². The summed E-state index contributed by atoms with van der Waals surface area (Å²) in [5.41, 5.74) is 2.90. The summed E-state index contributed by atoms with van der Waals surface area (Å²) in [7, 11) is 0. The minimum atomic E-state index is -1.18. The van der Waals surface area contributed by atoms with E-state index in [0.717, 1.165) is 0 Å². The molecule has 1 heterocycles. The SMILES string of the molecule is O=C(O)CONC(=O)c1cccc(-c2nn[nH]n2)c1. The number of aromatic amines is 1. The molecule has 0 unspecified atom stereocenters. The lowest BCUT2D eigenvalue weighted by Crippen LogP contribution is -2.26. The van der Waals surface area contributed by atoms with Gasteiger partial charge in [0, 0.05) is 11.1 Å². The summed E-state index contributed by atoms with van der Waals surface area (Å²) in [6, 6.07) is 6.42. The average Bonchev–Trinajstić information content (AvgIpc) is 2.92. The number of carbonyl (C=O) groups is 2. The van der Waals surface area contributed by atoms with Gasteiger partial charge in [-0.05, 0) is 17.3 Å². The molecule has 0 saturated carbocycles.